The van der Waals surface area contributed by atoms with Gasteiger partial charge in [0, 0.05) is 6.07 Å². The van der Waals surface area contributed by atoms with Crippen LogP contribution in [-0.4, -0.2) is 15.5 Å². The van der Waals surface area contributed by atoms with Crippen molar-refractivity contribution < 1.29 is 0 Å². The molecular formula is C11H19N3S. The highest BCUT2D eigenvalue weighted by Gasteiger charge is 2.18. The molecule has 0 unspecified atom stereocenters. The molecule has 0 aromatic carbocycles. The molecule has 2 N–H and O–H groups in total. The Kier molecular flexibility index (Phi) is 3.57. The highest BCUT2D eigenvalue weighted by Crippen LogP contribution is 2.31. The third kappa shape index (κ3) is 2.48. The van der Waals surface area contributed by atoms with E-state index in [0.717, 1.165) is 16.6 Å². The number of nitrogen functional groups attached to an aromatic ring is 1. The van der Waals surface area contributed by atoms with Gasteiger partial charge in [0.25, 0.3) is 0 Å². The van der Waals surface area contributed by atoms with Crippen LogP contribution >= 0.6 is 11.8 Å². The molecule has 1 saturated carbocycles. The van der Waals surface area contributed by atoms with Crippen LogP contribution in [-0.2, 0) is 0 Å². The molecule has 84 valence electrons. The van der Waals surface area contributed by atoms with E-state index in [1.54, 1.807) is 11.8 Å². The van der Waals surface area contributed by atoms with Crippen molar-refractivity contribution in [2.45, 2.75) is 50.1 Å². The number of nitrogens with zero attached hydrogens (tertiary/aromatic N) is 2. The molecule has 1 fully saturated rings. The smallest absolute Gasteiger partial charge is 0.123 e. The lowest BCUT2D eigenvalue weighted by molar-refractivity contribution is 0.330. The maximum atomic E-state index is 5.99. The Morgan fingerprint density at radius 3 is 2.87 bits per heavy atom. The van der Waals surface area contributed by atoms with Gasteiger partial charge in [-0.1, -0.05) is 26.2 Å². The van der Waals surface area contributed by atoms with Crippen LogP contribution in [0.1, 0.15) is 45.1 Å². The Labute approximate surface area is 95.4 Å². The number of hydrogen-bond donors (Lipinski definition) is 1. The van der Waals surface area contributed by atoms with E-state index in [4.69, 9.17) is 5.73 Å². The predicted molar refractivity (Wildman–Crippen MR) is 65.2 cm³/mol. The van der Waals surface area contributed by atoms with Crippen molar-refractivity contribution in [3.05, 3.63) is 6.07 Å². The Bertz CT molecular complexity index is 316. The van der Waals surface area contributed by atoms with Crippen LogP contribution in [0.4, 0.5) is 5.82 Å². The van der Waals surface area contributed by atoms with Gasteiger partial charge in [0.15, 0.2) is 0 Å². The zero-order chi connectivity index (χ0) is 10.7. The third-order valence-electron chi connectivity index (χ3n) is 2.95. The van der Waals surface area contributed by atoms with Crippen LogP contribution in [0, 0.1) is 0 Å². The van der Waals surface area contributed by atoms with Gasteiger partial charge in [-0.25, -0.2) is 4.68 Å². The summed E-state index contributed by atoms with van der Waals surface area (Å²) in [7, 11) is 0. The van der Waals surface area contributed by atoms with E-state index in [-0.39, 0.29) is 0 Å². The normalized spacial score (nSPS) is 18.2. The summed E-state index contributed by atoms with van der Waals surface area (Å²) in [4.78, 5) is 0. The van der Waals surface area contributed by atoms with Crippen molar-refractivity contribution in [2.75, 3.05) is 11.5 Å². The summed E-state index contributed by atoms with van der Waals surface area (Å²) in [5.41, 5.74) is 5.99. The van der Waals surface area contributed by atoms with E-state index in [1.165, 1.54) is 32.1 Å². The van der Waals surface area contributed by atoms with Crippen molar-refractivity contribution in [1.29, 1.82) is 0 Å². The molecule has 0 saturated heterocycles. The Hall–Kier alpha value is -0.640. The SMILES string of the molecule is CCSc1cc(N)n(C2CCCCC2)n1. The lowest BCUT2D eigenvalue weighted by Crippen LogP contribution is -2.16. The van der Waals surface area contributed by atoms with Gasteiger partial charge in [0.05, 0.1) is 6.04 Å². The first kappa shape index (κ1) is 10.9. The van der Waals surface area contributed by atoms with Gasteiger partial charge in [0.1, 0.15) is 10.8 Å². The molecule has 0 aliphatic heterocycles. The molecule has 0 atom stereocenters. The number of anilines is 1. The van der Waals surface area contributed by atoms with Crippen LogP contribution in [0.15, 0.2) is 11.1 Å². The first-order chi connectivity index (χ1) is 7.31. The van der Waals surface area contributed by atoms with E-state index in [9.17, 15) is 0 Å². The molecule has 2 rings (SSSR count). The van der Waals surface area contributed by atoms with Crippen LogP contribution in [0.5, 0.6) is 0 Å². The first-order valence-electron chi connectivity index (χ1n) is 5.79. The summed E-state index contributed by atoms with van der Waals surface area (Å²) >= 11 is 1.76. The van der Waals surface area contributed by atoms with Crippen LogP contribution in [0.3, 0.4) is 0 Å². The molecule has 1 aromatic rings. The molecule has 15 heavy (non-hydrogen) atoms. The molecule has 1 aromatic heterocycles. The minimum absolute atomic E-state index is 0.546. The van der Waals surface area contributed by atoms with Gasteiger partial charge in [-0.3, -0.25) is 0 Å². The molecule has 0 spiro atoms. The van der Waals surface area contributed by atoms with Crippen LogP contribution in [0.25, 0.3) is 0 Å². The second kappa shape index (κ2) is 4.92. The first-order valence-corrected chi connectivity index (χ1v) is 6.77. The topological polar surface area (TPSA) is 43.8 Å². The van der Waals surface area contributed by atoms with E-state index in [2.05, 4.69) is 12.0 Å². The fourth-order valence-electron chi connectivity index (χ4n) is 2.22. The van der Waals surface area contributed by atoms with Crippen molar-refractivity contribution in [3.63, 3.8) is 0 Å². The maximum Gasteiger partial charge on any atom is 0.123 e. The molecule has 1 aliphatic rings. The fourth-order valence-corrected chi connectivity index (χ4v) is 2.87. The molecule has 3 nitrogen and oxygen atoms in total. The van der Waals surface area contributed by atoms with E-state index < -0.39 is 0 Å². The molecule has 0 radical (unpaired) electrons. The Morgan fingerprint density at radius 1 is 1.47 bits per heavy atom. The highest BCUT2D eigenvalue weighted by molar-refractivity contribution is 7.99. The third-order valence-corrected chi connectivity index (χ3v) is 3.74. The molecule has 1 aliphatic carbocycles. The van der Waals surface area contributed by atoms with Gasteiger partial charge in [-0.05, 0) is 18.6 Å². The highest BCUT2D eigenvalue weighted by atomic mass is 32.2. The number of rotatable bonds is 3. The summed E-state index contributed by atoms with van der Waals surface area (Å²) in [5, 5.41) is 5.65. The Morgan fingerprint density at radius 2 is 2.20 bits per heavy atom. The summed E-state index contributed by atoms with van der Waals surface area (Å²) in [6.07, 6.45) is 6.49. The average molecular weight is 225 g/mol. The zero-order valence-electron chi connectivity index (χ0n) is 9.28. The van der Waals surface area contributed by atoms with Crippen LogP contribution < -0.4 is 5.73 Å². The molecule has 1 heterocycles. The van der Waals surface area contributed by atoms with E-state index >= 15 is 0 Å². The van der Waals surface area contributed by atoms with Crippen molar-refractivity contribution in [3.8, 4) is 0 Å². The Balaban J connectivity index is 2.11. The standard InChI is InChI=1S/C11H19N3S/c1-2-15-11-8-10(12)14(13-11)9-6-4-3-5-7-9/h8-9H,2-7,12H2,1H3. The average Bonchev–Trinajstić information content (AvgIpc) is 2.61. The van der Waals surface area contributed by atoms with Gasteiger partial charge in [-0.2, -0.15) is 5.10 Å². The van der Waals surface area contributed by atoms with E-state index in [0.29, 0.717) is 6.04 Å². The van der Waals surface area contributed by atoms with Gasteiger partial charge in [0.2, 0.25) is 0 Å². The number of thioether (sulfide) groups is 1. The molecule has 0 amide bonds. The monoisotopic (exact) mass is 225 g/mol. The van der Waals surface area contributed by atoms with Gasteiger partial charge >= 0.3 is 0 Å². The minimum Gasteiger partial charge on any atom is -0.384 e. The number of nitrogens with two attached hydrogens (primary N) is 1. The lowest BCUT2D eigenvalue weighted by atomic mass is 9.96. The van der Waals surface area contributed by atoms with E-state index in [1.807, 2.05) is 10.7 Å². The summed E-state index contributed by atoms with van der Waals surface area (Å²) in [5.74, 6) is 1.89. The minimum atomic E-state index is 0.546. The summed E-state index contributed by atoms with van der Waals surface area (Å²) < 4.78 is 2.04. The van der Waals surface area contributed by atoms with Crippen LogP contribution in [0.2, 0.25) is 0 Å². The number of aromatic nitrogens is 2. The second-order valence-electron chi connectivity index (χ2n) is 4.08. The van der Waals surface area contributed by atoms with Crippen molar-refractivity contribution in [1.82, 2.24) is 9.78 Å². The quantitative estimate of drug-likeness (QED) is 0.804. The number of hydrogen-bond acceptors (Lipinski definition) is 3. The maximum absolute atomic E-state index is 5.99. The van der Waals surface area contributed by atoms with Gasteiger partial charge in [-0.15, -0.1) is 11.8 Å². The molecule has 0 bridgehead atoms. The summed E-state index contributed by atoms with van der Waals surface area (Å²) in [6, 6.07) is 2.55. The zero-order valence-corrected chi connectivity index (χ0v) is 10.1. The van der Waals surface area contributed by atoms with Crippen molar-refractivity contribution in [2.24, 2.45) is 0 Å². The summed E-state index contributed by atoms with van der Waals surface area (Å²) in [6.45, 7) is 2.14. The largest absolute Gasteiger partial charge is 0.384 e. The fraction of sp³-hybridized carbons (Fsp3) is 0.727. The second-order valence-corrected chi connectivity index (χ2v) is 5.36. The van der Waals surface area contributed by atoms with Crippen molar-refractivity contribution >= 4 is 17.6 Å². The molecule has 4 heteroatoms. The predicted octanol–water partition coefficient (Wildman–Crippen LogP) is 3.08. The lowest BCUT2D eigenvalue weighted by Gasteiger charge is -2.22. The molecular weight excluding hydrogens is 206 g/mol. The van der Waals surface area contributed by atoms with Gasteiger partial charge < -0.3 is 5.73 Å².